The van der Waals surface area contributed by atoms with E-state index in [1.807, 2.05) is 12.1 Å². The Bertz CT molecular complexity index is 952. The van der Waals surface area contributed by atoms with E-state index in [1.165, 1.54) is 25.7 Å². The lowest BCUT2D eigenvalue weighted by molar-refractivity contribution is -0.146. The average molecular weight is 443 g/mol. The van der Waals surface area contributed by atoms with Crippen LogP contribution < -0.4 is 5.32 Å². The number of carbonyl (C=O) groups is 2. The molecular weight excluding hydrogens is 416 g/mol. The molecule has 0 radical (unpaired) electrons. The molecule has 164 valence electrons. The molecule has 1 aliphatic heterocycles. The third-order valence-corrected chi connectivity index (χ3v) is 7.53. The Morgan fingerprint density at radius 1 is 1.10 bits per heavy atom. The second-order valence-electron chi connectivity index (χ2n) is 9.17. The van der Waals surface area contributed by atoms with Gasteiger partial charge >= 0.3 is 11.8 Å². The highest BCUT2D eigenvalue weighted by molar-refractivity contribution is 6.35. The zero-order valence-electron chi connectivity index (χ0n) is 17.4. The van der Waals surface area contributed by atoms with Crippen molar-refractivity contribution in [1.29, 1.82) is 0 Å². The minimum absolute atomic E-state index is 0.0923. The molecule has 8 heteroatoms. The molecule has 31 heavy (non-hydrogen) atoms. The number of halogens is 1. The van der Waals surface area contributed by atoms with Crippen molar-refractivity contribution in [3.63, 3.8) is 0 Å². The molecule has 2 bridgehead atoms. The highest BCUT2D eigenvalue weighted by Crippen LogP contribution is 2.47. The molecule has 3 atom stereocenters. The van der Waals surface area contributed by atoms with E-state index in [4.69, 9.17) is 16.1 Å². The lowest BCUT2D eigenvalue weighted by Gasteiger charge is -2.30. The van der Waals surface area contributed by atoms with Crippen LogP contribution in [0.4, 0.5) is 0 Å². The van der Waals surface area contributed by atoms with Crippen LogP contribution >= 0.6 is 11.6 Å². The number of benzene rings is 1. The van der Waals surface area contributed by atoms with Crippen molar-refractivity contribution in [1.82, 2.24) is 20.4 Å². The smallest absolute Gasteiger partial charge is 0.311 e. The SMILES string of the molecule is O=C(NCC1CC2CCC1C2)C(=O)N1CCC(c2nc(-c3ccc(Cl)cc3)no2)CC1. The van der Waals surface area contributed by atoms with Gasteiger partial charge in [0.05, 0.1) is 0 Å². The van der Waals surface area contributed by atoms with Gasteiger partial charge in [0.1, 0.15) is 0 Å². The van der Waals surface area contributed by atoms with Crippen molar-refractivity contribution in [2.24, 2.45) is 17.8 Å². The van der Waals surface area contributed by atoms with Crippen molar-refractivity contribution < 1.29 is 14.1 Å². The summed E-state index contributed by atoms with van der Waals surface area (Å²) >= 11 is 5.93. The van der Waals surface area contributed by atoms with E-state index in [9.17, 15) is 9.59 Å². The van der Waals surface area contributed by atoms with Crippen molar-refractivity contribution >= 4 is 23.4 Å². The predicted molar refractivity (Wildman–Crippen MR) is 115 cm³/mol. The molecule has 2 amide bonds. The number of likely N-dealkylation sites (tertiary alicyclic amines) is 1. The molecule has 1 N–H and O–H groups in total. The fourth-order valence-corrected chi connectivity index (χ4v) is 5.64. The largest absolute Gasteiger partial charge is 0.348 e. The van der Waals surface area contributed by atoms with Gasteiger partial charge in [-0.1, -0.05) is 23.2 Å². The highest BCUT2D eigenvalue weighted by Gasteiger charge is 2.39. The van der Waals surface area contributed by atoms with Crippen LogP contribution in [-0.2, 0) is 9.59 Å². The van der Waals surface area contributed by atoms with Gasteiger partial charge in [-0.2, -0.15) is 4.98 Å². The molecule has 2 aromatic rings. The van der Waals surface area contributed by atoms with Gasteiger partial charge < -0.3 is 14.7 Å². The molecule has 3 fully saturated rings. The monoisotopic (exact) mass is 442 g/mol. The Morgan fingerprint density at radius 2 is 1.87 bits per heavy atom. The molecular formula is C23H27ClN4O3. The summed E-state index contributed by atoms with van der Waals surface area (Å²) < 4.78 is 5.47. The van der Waals surface area contributed by atoms with E-state index in [0.717, 1.165) is 17.4 Å². The first-order valence-corrected chi connectivity index (χ1v) is 11.6. The zero-order chi connectivity index (χ0) is 21.4. The van der Waals surface area contributed by atoms with E-state index in [-0.39, 0.29) is 5.92 Å². The fourth-order valence-electron chi connectivity index (χ4n) is 5.52. The highest BCUT2D eigenvalue weighted by atomic mass is 35.5. The lowest BCUT2D eigenvalue weighted by Crippen LogP contribution is -2.47. The first kappa shape index (κ1) is 20.5. The number of aromatic nitrogens is 2. The Hall–Kier alpha value is -2.41. The molecule has 1 aromatic carbocycles. The second kappa shape index (κ2) is 8.61. The fraction of sp³-hybridized carbons (Fsp3) is 0.565. The number of piperidine rings is 1. The van der Waals surface area contributed by atoms with Crippen molar-refractivity contribution in [2.45, 2.75) is 44.4 Å². The van der Waals surface area contributed by atoms with Gasteiger partial charge in [0.25, 0.3) is 0 Å². The Kier molecular flexibility index (Phi) is 5.69. The first-order chi connectivity index (χ1) is 15.1. The van der Waals surface area contributed by atoms with Crippen LogP contribution in [0.15, 0.2) is 28.8 Å². The maximum atomic E-state index is 12.6. The third kappa shape index (κ3) is 4.33. The van der Waals surface area contributed by atoms with Crippen LogP contribution in [0.25, 0.3) is 11.4 Å². The van der Waals surface area contributed by atoms with Gasteiger partial charge in [0.15, 0.2) is 0 Å². The summed E-state index contributed by atoms with van der Waals surface area (Å²) in [5.41, 5.74) is 0.846. The van der Waals surface area contributed by atoms with Gasteiger partial charge in [-0.25, -0.2) is 0 Å². The number of carbonyl (C=O) groups excluding carboxylic acids is 2. The van der Waals surface area contributed by atoms with E-state index < -0.39 is 11.8 Å². The van der Waals surface area contributed by atoms with Crippen LogP contribution in [0.3, 0.4) is 0 Å². The molecule has 2 aliphatic carbocycles. The van der Waals surface area contributed by atoms with Gasteiger partial charge in [-0.05, 0) is 74.1 Å². The van der Waals surface area contributed by atoms with Crippen LogP contribution in [-0.4, -0.2) is 46.5 Å². The quantitative estimate of drug-likeness (QED) is 0.730. The van der Waals surface area contributed by atoms with Gasteiger partial charge in [0.2, 0.25) is 11.7 Å². The van der Waals surface area contributed by atoms with E-state index >= 15 is 0 Å². The van der Waals surface area contributed by atoms with Crippen molar-refractivity contribution in [2.75, 3.05) is 19.6 Å². The standard InChI is InChI=1S/C23H27ClN4O3/c24-19-5-3-15(4-6-19)20-26-22(31-27-20)16-7-9-28(10-8-16)23(30)21(29)25-13-18-12-14-1-2-17(18)11-14/h3-6,14,16-18H,1-2,7-13H2,(H,25,29). The van der Waals surface area contributed by atoms with E-state index in [0.29, 0.717) is 55.1 Å². The molecule has 1 aromatic heterocycles. The normalized spacial score (nSPS) is 25.7. The number of nitrogens with zero attached hydrogens (tertiary/aromatic N) is 3. The van der Waals surface area contributed by atoms with Gasteiger partial charge in [-0.3, -0.25) is 9.59 Å². The summed E-state index contributed by atoms with van der Waals surface area (Å²) in [6.07, 6.45) is 6.53. The summed E-state index contributed by atoms with van der Waals surface area (Å²) in [4.78, 5) is 31.1. The van der Waals surface area contributed by atoms with Crippen LogP contribution in [0.5, 0.6) is 0 Å². The Labute approximate surface area is 186 Å². The summed E-state index contributed by atoms with van der Waals surface area (Å²) in [7, 11) is 0. The summed E-state index contributed by atoms with van der Waals surface area (Å²) in [5, 5.41) is 7.63. The molecule has 5 rings (SSSR count). The Balaban J connectivity index is 1.11. The Morgan fingerprint density at radius 3 is 2.55 bits per heavy atom. The molecule has 1 saturated heterocycles. The third-order valence-electron chi connectivity index (χ3n) is 7.28. The second-order valence-corrected chi connectivity index (χ2v) is 9.61. The average Bonchev–Trinajstić information content (AvgIpc) is 3.55. The van der Waals surface area contributed by atoms with Gasteiger partial charge in [-0.15, -0.1) is 0 Å². The lowest BCUT2D eigenvalue weighted by atomic mass is 9.89. The number of hydrogen-bond acceptors (Lipinski definition) is 5. The summed E-state index contributed by atoms with van der Waals surface area (Å²) in [6.45, 7) is 1.67. The topological polar surface area (TPSA) is 88.3 Å². The van der Waals surface area contributed by atoms with Crippen LogP contribution in [0, 0.1) is 17.8 Å². The van der Waals surface area contributed by atoms with E-state index in [2.05, 4.69) is 15.5 Å². The molecule has 3 aliphatic rings. The summed E-state index contributed by atoms with van der Waals surface area (Å²) in [5.74, 6) is 2.44. The minimum Gasteiger partial charge on any atom is -0.348 e. The maximum absolute atomic E-state index is 12.6. The predicted octanol–water partition coefficient (Wildman–Crippen LogP) is 3.65. The minimum atomic E-state index is -0.468. The number of rotatable bonds is 4. The first-order valence-electron chi connectivity index (χ1n) is 11.2. The van der Waals surface area contributed by atoms with Crippen LogP contribution in [0.1, 0.15) is 50.3 Å². The van der Waals surface area contributed by atoms with Gasteiger partial charge in [0, 0.05) is 36.1 Å². The van der Waals surface area contributed by atoms with Crippen LogP contribution in [0.2, 0.25) is 5.02 Å². The maximum Gasteiger partial charge on any atom is 0.311 e. The van der Waals surface area contributed by atoms with E-state index in [1.54, 1.807) is 17.0 Å². The summed E-state index contributed by atoms with van der Waals surface area (Å²) in [6, 6.07) is 7.29. The molecule has 2 saturated carbocycles. The number of nitrogens with one attached hydrogen (secondary N) is 1. The zero-order valence-corrected chi connectivity index (χ0v) is 18.2. The number of fused-ring (bicyclic) bond motifs is 2. The number of hydrogen-bond donors (Lipinski definition) is 1. The molecule has 0 spiro atoms. The van der Waals surface area contributed by atoms with Crippen molar-refractivity contribution in [3.8, 4) is 11.4 Å². The number of amides is 2. The molecule has 3 unspecified atom stereocenters. The molecule has 2 heterocycles. The molecule has 7 nitrogen and oxygen atoms in total. The van der Waals surface area contributed by atoms with Crippen molar-refractivity contribution in [3.05, 3.63) is 35.2 Å².